The molecule has 5 heteroatoms. The molecule has 1 saturated heterocycles. The Morgan fingerprint density at radius 2 is 1.42 bits per heavy atom. The lowest BCUT2D eigenvalue weighted by Crippen LogP contribution is -2.33. The number of allylic oxidation sites excluding steroid dienone is 1. The monoisotopic (exact) mass is 408 g/mol. The second-order valence-corrected chi connectivity index (χ2v) is 7.47. The zero-order chi connectivity index (χ0) is 21.2. The summed E-state index contributed by atoms with van der Waals surface area (Å²) in [4.78, 5) is 32.4. The molecule has 31 heavy (non-hydrogen) atoms. The predicted molar refractivity (Wildman–Crippen MR) is 120 cm³/mol. The average molecular weight is 408 g/mol. The SMILES string of the molecule is O=C1C2CN=C(c3ccccc3)/C(=C/c3ccccc3)OC2C(=O)N1c1ccccc1. The molecule has 152 valence electrons. The minimum absolute atomic E-state index is 0.189. The molecule has 0 spiro atoms. The van der Waals surface area contributed by atoms with E-state index in [0.717, 1.165) is 11.1 Å². The van der Waals surface area contributed by atoms with Crippen molar-refractivity contribution in [1.29, 1.82) is 0 Å². The number of aliphatic imine (C=N–C) groups is 1. The van der Waals surface area contributed by atoms with Gasteiger partial charge in [0.25, 0.3) is 5.91 Å². The Balaban J connectivity index is 1.57. The Hall–Kier alpha value is -3.99. The lowest BCUT2D eigenvalue weighted by atomic mass is 10.1. The van der Waals surface area contributed by atoms with Crippen molar-refractivity contribution in [2.45, 2.75) is 6.10 Å². The first-order valence-corrected chi connectivity index (χ1v) is 10.2. The Morgan fingerprint density at radius 3 is 2.10 bits per heavy atom. The summed E-state index contributed by atoms with van der Waals surface area (Å²) in [5.41, 5.74) is 3.00. The number of hydrogen-bond acceptors (Lipinski definition) is 4. The van der Waals surface area contributed by atoms with Crippen molar-refractivity contribution in [3.05, 3.63) is 108 Å². The smallest absolute Gasteiger partial charge is 0.275 e. The number of amides is 2. The van der Waals surface area contributed by atoms with Crippen molar-refractivity contribution in [2.24, 2.45) is 10.9 Å². The number of anilines is 1. The van der Waals surface area contributed by atoms with Crippen LogP contribution in [0, 0.1) is 5.92 Å². The van der Waals surface area contributed by atoms with Crippen LogP contribution in [0.2, 0.25) is 0 Å². The number of para-hydroxylation sites is 1. The summed E-state index contributed by atoms with van der Waals surface area (Å²) in [6.07, 6.45) is 0.963. The highest BCUT2D eigenvalue weighted by molar-refractivity contribution is 6.24. The van der Waals surface area contributed by atoms with E-state index < -0.39 is 12.0 Å². The molecule has 0 N–H and O–H groups in total. The van der Waals surface area contributed by atoms with Crippen molar-refractivity contribution in [2.75, 3.05) is 11.4 Å². The molecule has 0 radical (unpaired) electrons. The van der Waals surface area contributed by atoms with Crippen LogP contribution >= 0.6 is 0 Å². The fraction of sp³-hybridized carbons (Fsp3) is 0.115. The fourth-order valence-electron chi connectivity index (χ4n) is 3.93. The van der Waals surface area contributed by atoms with E-state index >= 15 is 0 Å². The van der Waals surface area contributed by atoms with Crippen molar-refractivity contribution in [3.8, 4) is 0 Å². The van der Waals surface area contributed by atoms with Crippen molar-refractivity contribution < 1.29 is 14.3 Å². The van der Waals surface area contributed by atoms with Gasteiger partial charge >= 0.3 is 0 Å². The van der Waals surface area contributed by atoms with E-state index in [1.165, 1.54) is 4.90 Å². The third kappa shape index (κ3) is 3.55. The molecule has 2 atom stereocenters. The molecule has 1 fully saturated rings. The third-order valence-electron chi connectivity index (χ3n) is 5.46. The number of nitrogens with zero attached hydrogens (tertiary/aromatic N) is 2. The van der Waals surface area contributed by atoms with Crippen molar-refractivity contribution in [1.82, 2.24) is 0 Å². The summed E-state index contributed by atoms with van der Waals surface area (Å²) in [6.45, 7) is 0.189. The first-order chi connectivity index (χ1) is 15.2. The second-order valence-electron chi connectivity index (χ2n) is 7.47. The van der Waals surface area contributed by atoms with Gasteiger partial charge in [-0.25, -0.2) is 4.90 Å². The molecule has 0 aromatic heterocycles. The van der Waals surface area contributed by atoms with E-state index in [4.69, 9.17) is 9.73 Å². The highest BCUT2D eigenvalue weighted by Crippen LogP contribution is 2.33. The van der Waals surface area contributed by atoms with Crippen LogP contribution in [0.3, 0.4) is 0 Å². The summed E-state index contributed by atoms with van der Waals surface area (Å²) in [5.74, 6) is -0.808. The van der Waals surface area contributed by atoms with E-state index in [0.29, 0.717) is 17.2 Å². The Bertz CT molecular complexity index is 1170. The molecule has 0 saturated carbocycles. The minimum Gasteiger partial charge on any atom is -0.477 e. The molecule has 0 bridgehead atoms. The zero-order valence-electron chi connectivity index (χ0n) is 16.7. The molecule has 2 amide bonds. The number of imide groups is 1. The zero-order valence-corrected chi connectivity index (χ0v) is 16.7. The van der Waals surface area contributed by atoms with E-state index in [1.807, 2.05) is 72.8 Å². The van der Waals surface area contributed by atoms with Gasteiger partial charge in [-0.15, -0.1) is 0 Å². The molecular formula is C26H20N2O3. The first-order valence-electron chi connectivity index (χ1n) is 10.2. The first kappa shape index (κ1) is 19.0. The fourth-order valence-corrected chi connectivity index (χ4v) is 3.93. The van der Waals surface area contributed by atoms with Crippen LogP contribution in [0.5, 0.6) is 0 Å². The van der Waals surface area contributed by atoms with Crippen LogP contribution in [-0.2, 0) is 14.3 Å². The number of benzene rings is 3. The number of fused-ring (bicyclic) bond motifs is 1. The van der Waals surface area contributed by atoms with Crippen LogP contribution < -0.4 is 4.90 Å². The van der Waals surface area contributed by atoms with Gasteiger partial charge in [-0.1, -0.05) is 78.9 Å². The molecule has 2 aliphatic heterocycles. The number of carbonyl (C=O) groups is 2. The Kier molecular flexibility index (Phi) is 4.92. The van der Waals surface area contributed by atoms with Gasteiger partial charge in [0.2, 0.25) is 5.91 Å². The maximum atomic E-state index is 13.2. The maximum absolute atomic E-state index is 13.2. The molecule has 2 heterocycles. The molecular weight excluding hydrogens is 388 g/mol. The number of ether oxygens (including phenoxy) is 1. The van der Waals surface area contributed by atoms with Crippen LogP contribution in [0.4, 0.5) is 5.69 Å². The summed E-state index contributed by atoms with van der Waals surface area (Å²) in [5, 5.41) is 0. The number of hydrogen-bond donors (Lipinski definition) is 0. The van der Waals surface area contributed by atoms with E-state index in [-0.39, 0.29) is 18.4 Å². The highest BCUT2D eigenvalue weighted by atomic mass is 16.5. The Labute approximate surface area is 180 Å². The van der Waals surface area contributed by atoms with Crippen molar-refractivity contribution in [3.63, 3.8) is 0 Å². The van der Waals surface area contributed by atoms with Crippen molar-refractivity contribution >= 4 is 29.3 Å². The van der Waals surface area contributed by atoms with Gasteiger partial charge in [0.1, 0.15) is 17.4 Å². The lowest BCUT2D eigenvalue weighted by molar-refractivity contribution is -0.125. The molecule has 5 nitrogen and oxygen atoms in total. The average Bonchev–Trinajstić information content (AvgIpc) is 2.94. The third-order valence-corrected chi connectivity index (χ3v) is 5.46. The minimum atomic E-state index is -0.910. The molecule has 2 unspecified atom stereocenters. The van der Waals surface area contributed by atoms with E-state index in [9.17, 15) is 9.59 Å². The van der Waals surface area contributed by atoms with Gasteiger partial charge in [-0.05, 0) is 23.8 Å². The van der Waals surface area contributed by atoms with E-state index in [1.54, 1.807) is 24.3 Å². The van der Waals surface area contributed by atoms with Crippen LogP contribution in [0.15, 0.2) is 102 Å². The van der Waals surface area contributed by atoms with E-state index in [2.05, 4.69) is 0 Å². The highest BCUT2D eigenvalue weighted by Gasteiger charge is 2.51. The quantitative estimate of drug-likeness (QED) is 0.613. The standard InChI is InChI=1S/C26H20N2O3/c29-25-21-17-27-23(19-12-6-2-7-13-19)22(16-18-10-4-1-5-11-18)31-24(21)26(30)28(25)20-14-8-3-9-15-20/h1-16,21,24H,17H2/b22-16-. The van der Waals surface area contributed by atoms with Crippen LogP contribution in [-0.4, -0.2) is 30.2 Å². The number of carbonyl (C=O) groups excluding carboxylic acids is 2. The topological polar surface area (TPSA) is 59.0 Å². The molecule has 3 aromatic rings. The summed E-state index contributed by atoms with van der Waals surface area (Å²) >= 11 is 0. The largest absolute Gasteiger partial charge is 0.477 e. The van der Waals surface area contributed by atoms with Crippen LogP contribution in [0.25, 0.3) is 6.08 Å². The van der Waals surface area contributed by atoms with Crippen LogP contribution in [0.1, 0.15) is 11.1 Å². The maximum Gasteiger partial charge on any atom is 0.275 e. The lowest BCUT2D eigenvalue weighted by Gasteiger charge is -2.18. The van der Waals surface area contributed by atoms with Gasteiger partial charge in [0, 0.05) is 5.56 Å². The van der Waals surface area contributed by atoms with Gasteiger partial charge in [-0.2, -0.15) is 0 Å². The summed E-state index contributed by atoms with van der Waals surface area (Å²) in [6, 6.07) is 28.4. The summed E-state index contributed by atoms with van der Waals surface area (Å²) in [7, 11) is 0. The summed E-state index contributed by atoms with van der Waals surface area (Å²) < 4.78 is 6.26. The predicted octanol–water partition coefficient (Wildman–Crippen LogP) is 4.11. The molecule has 3 aromatic carbocycles. The Morgan fingerprint density at radius 1 is 0.806 bits per heavy atom. The van der Waals surface area contributed by atoms with Gasteiger partial charge in [0.05, 0.1) is 12.2 Å². The van der Waals surface area contributed by atoms with Gasteiger partial charge in [-0.3, -0.25) is 14.6 Å². The van der Waals surface area contributed by atoms with Gasteiger partial charge < -0.3 is 4.74 Å². The normalized spacial score (nSPS) is 22.0. The molecule has 2 aliphatic rings. The molecule has 0 aliphatic carbocycles. The van der Waals surface area contributed by atoms with Gasteiger partial charge in [0.15, 0.2) is 6.10 Å². The number of rotatable bonds is 3. The second kappa shape index (κ2) is 8.03. The molecule has 5 rings (SSSR count).